The van der Waals surface area contributed by atoms with E-state index < -0.39 is 6.10 Å². The van der Waals surface area contributed by atoms with Crippen LogP contribution < -0.4 is 5.32 Å². The summed E-state index contributed by atoms with van der Waals surface area (Å²) in [7, 11) is 0. The molecular formula is C14H20FNO. The molecule has 0 radical (unpaired) electrons. The van der Waals surface area contributed by atoms with Gasteiger partial charge in [0.2, 0.25) is 0 Å². The second-order valence-corrected chi connectivity index (χ2v) is 5.14. The molecule has 0 bridgehead atoms. The van der Waals surface area contributed by atoms with Crippen LogP contribution in [0.2, 0.25) is 0 Å². The monoisotopic (exact) mass is 237 g/mol. The quantitative estimate of drug-likeness (QED) is 0.828. The van der Waals surface area contributed by atoms with E-state index in [2.05, 4.69) is 12.2 Å². The van der Waals surface area contributed by atoms with E-state index in [-0.39, 0.29) is 11.9 Å². The van der Waals surface area contributed by atoms with Crippen molar-refractivity contribution in [2.24, 2.45) is 5.92 Å². The highest BCUT2D eigenvalue weighted by Gasteiger charge is 2.26. The van der Waals surface area contributed by atoms with Gasteiger partial charge in [-0.2, -0.15) is 0 Å². The van der Waals surface area contributed by atoms with Crippen molar-refractivity contribution in [1.82, 2.24) is 5.32 Å². The number of hydrogen-bond acceptors (Lipinski definition) is 2. The summed E-state index contributed by atoms with van der Waals surface area (Å²) in [6, 6.07) is 4.67. The molecule has 3 unspecified atom stereocenters. The van der Waals surface area contributed by atoms with Crippen molar-refractivity contribution in [2.45, 2.75) is 38.8 Å². The summed E-state index contributed by atoms with van der Waals surface area (Å²) in [5.74, 6) is 0.389. The molecule has 1 fully saturated rings. The van der Waals surface area contributed by atoms with Crippen molar-refractivity contribution in [3.63, 3.8) is 0 Å². The fourth-order valence-corrected chi connectivity index (χ4v) is 2.58. The van der Waals surface area contributed by atoms with Gasteiger partial charge in [-0.3, -0.25) is 0 Å². The van der Waals surface area contributed by atoms with Gasteiger partial charge in [0.05, 0.1) is 6.10 Å². The normalized spacial score (nSPS) is 26.8. The van der Waals surface area contributed by atoms with E-state index in [1.54, 1.807) is 6.07 Å². The summed E-state index contributed by atoms with van der Waals surface area (Å²) in [6.07, 6.45) is 1.59. The Kier molecular flexibility index (Phi) is 3.79. The summed E-state index contributed by atoms with van der Waals surface area (Å²) in [4.78, 5) is 0. The lowest BCUT2D eigenvalue weighted by Crippen LogP contribution is -2.41. The Bertz CT molecular complexity index is 394. The van der Waals surface area contributed by atoms with Crippen molar-refractivity contribution in [2.75, 3.05) is 6.54 Å². The predicted octanol–water partition coefficient (Wildman–Crippen LogP) is 2.56. The molecule has 0 aliphatic carbocycles. The number of aryl methyl sites for hydroxylation is 1. The highest BCUT2D eigenvalue weighted by molar-refractivity contribution is 5.29. The Hall–Kier alpha value is -0.930. The third kappa shape index (κ3) is 2.85. The van der Waals surface area contributed by atoms with Crippen molar-refractivity contribution in [3.8, 4) is 0 Å². The molecule has 1 saturated heterocycles. The maximum atomic E-state index is 13.0. The van der Waals surface area contributed by atoms with Crippen molar-refractivity contribution < 1.29 is 9.50 Å². The molecule has 0 aromatic heterocycles. The zero-order valence-corrected chi connectivity index (χ0v) is 10.4. The van der Waals surface area contributed by atoms with E-state index in [0.717, 1.165) is 30.5 Å². The fraction of sp³-hybridized carbons (Fsp3) is 0.571. The van der Waals surface area contributed by atoms with Crippen LogP contribution in [0.1, 0.15) is 37.0 Å². The Morgan fingerprint density at radius 1 is 1.47 bits per heavy atom. The molecule has 2 nitrogen and oxygen atoms in total. The first-order chi connectivity index (χ1) is 8.08. The summed E-state index contributed by atoms with van der Waals surface area (Å²) >= 11 is 0. The first kappa shape index (κ1) is 12.5. The molecule has 1 aliphatic rings. The van der Waals surface area contributed by atoms with E-state index in [9.17, 15) is 9.50 Å². The lowest BCUT2D eigenvalue weighted by Gasteiger charge is -2.32. The average Bonchev–Trinajstić information content (AvgIpc) is 2.28. The minimum absolute atomic E-state index is 0.0860. The van der Waals surface area contributed by atoms with Gasteiger partial charge in [0, 0.05) is 6.04 Å². The van der Waals surface area contributed by atoms with Crippen LogP contribution in [-0.4, -0.2) is 17.7 Å². The second-order valence-electron chi connectivity index (χ2n) is 5.14. The standard InChI is InChI=1S/C14H20FNO/c1-9-5-6-16-13(7-9)14(17)12-4-3-11(15)8-10(12)2/h3-4,8-9,13-14,16-17H,5-7H2,1-2H3. The van der Waals surface area contributed by atoms with E-state index in [4.69, 9.17) is 0 Å². The fourth-order valence-electron chi connectivity index (χ4n) is 2.58. The number of halogens is 1. The van der Waals surface area contributed by atoms with E-state index in [1.807, 2.05) is 6.92 Å². The van der Waals surface area contributed by atoms with Gasteiger partial charge in [0.1, 0.15) is 5.82 Å². The van der Waals surface area contributed by atoms with Crippen LogP contribution in [0.4, 0.5) is 4.39 Å². The third-order valence-corrected chi connectivity index (χ3v) is 3.63. The van der Waals surface area contributed by atoms with E-state index in [1.165, 1.54) is 12.1 Å². The van der Waals surface area contributed by atoms with Gasteiger partial charge in [-0.1, -0.05) is 13.0 Å². The average molecular weight is 237 g/mol. The number of hydrogen-bond donors (Lipinski definition) is 2. The summed E-state index contributed by atoms with van der Waals surface area (Å²) in [5, 5.41) is 13.7. The molecule has 3 heteroatoms. The second kappa shape index (κ2) is 5.15. The minimum atomic E-state index is -0.543. The molecular weight excluding hydrogens is 217 g/mol. The van der Waals surface area contributed by atoms with Crippen molar-refractivity contribution >= 4 is 0 Å². The van der Waals surface area contributed by atoms with Crippen LogP contribution in [0.5, 0.6) is 0 Å². The molecule has 0 spiro atoms. The third-order valence-electron chi connectivity index (χ3n) is 3.63. The van der Waals surface area contributed by atoms with Gasteiger partial charge in [-0.25, -0.2) is 4.39 Å². The molecule has 1 aromatic carbocycles. The molecule has 1 aromatic rings. The van der Waals surface area contributed by atoms with Gasteiger partial charge in [-0.05, 0) is 55.5 Å². The summed E-state index contributed by atoms with van der Waals surface area (Å²) < 4.78 is 13.0. The topological polar surface area (TPSA) is 32.3 Å². The van der Waals surface area contributed by atoms with Gasteiger partial charge >= 0.3 is 0 Å². The van der Waals surface area contributed by atoms with Crippen LogP contribution in [0, 0.1) is 18.7 Å². The molecule has 2 rings (SSSR count). The van der Waals surface area contributed by atoms with Gasteiger partial charge in [0.15, 0.2) is 0 Å². The summed E-state index contributed by atoms with van der Waals surface area (Å²) in [5.41, 5.74) is 1.65. The zero-order valence-electron chi connectivity index (χ0n) is 10.4. The van der Waals surface area contributed by atoms with Gasteiger partial charge < -0.3 is 10.4 Å². The summed E-state index contributed by atoms with van der Waals surface area (Å²) in [6.45, 7) is 5.00. The van der Waals surface area contributed by atoms with Crippen molar-refractivity contribution in [3.05, 3.63) is 35.1 Å². The number of nitrogens with one attached hydrogen (secondary N) is 1. The Morgan fingerprint density at radius 2 is 2.24 bits per heavy atom. The minimum Gasteiger partial charge on any atom is -0.387 e. The molecule has 1 aliphatic heterocycles. The smallest absolute Gasteiger partial charge is 0.123 e. The van der Waals surface area contributed by atoms with Crippen LogP contribution in [-0.2, 0) is 0 Å². The maximum absolute atomic E-state index is 13.0. The van der Waals surface area contributed by atoms with Crippen molar-refractivity contribution in [1.29, 1.82) is 0 Å². The number of aliphatic hydroxyl groups excluding tert-OH is 1. The highest BCUT2D eigenvalue weighted by Crippen LogP contribution is 2.27. The van der Waals surface area contributed by atoms with Crippen LogP contribution in [0.15, 0.2) is 18.2 Å². The number of piperidine rings is 1. The first-order valence-corrected chi connectivity index (χ1v) is 6.25. The molecule has 3 atom stereocenters. The Labute approximate surface area is 102 Å². The van der Waals surface area contributed by atoms with Crippen LogP contribution in [0.25, 0.3) is 0 Å². The van der Waals surface area contributed by atoms with Gasteiger partial charge in [-0.15, -0.1) is 0 Å². The molecule has 2 N–H and O–H groups in total. The SMILES string of the molecule is Cc1cc(F)ccc1C(O)C1CC(C)CCN1. The van der Waals surface area contributed by atoms with Crippen LogP contribution in [0.3, 0.4) is 0 Å². The molecule has 0 amide bonds. The maximum Gasteiger partial charge on any atom is 0.123 e. The van der Waals surface area contributed by atoms with Gasteiger partial charge in [0.25, 0.3) is 0 Å². The highest BCUT2D eigenvalue weighted by atomic mass is 19.1. The molecule has 17 heavy (non-hydrogen) atoms. The zero-order chi connectivity index (χ0) is 12.4. The Balaban J connectivity index is 2.15. The lowest BCUT2D eigenvalue weighted by molar-refractivity contribution is 0.101. The molecule has 1 heterocycles. The lowest BCUT2D eigenvalue weighted by atomic mass is 9.87. The van der Waals surface area contributed by atoms with E-state index in [0.29, 0.717) is 5.92 Å². The molecule has 0 saturated carbocycles. The predicted molar refractivity (Wildman–Crippen MR) is 66.3 cm³/mol. The number of rotatable bonds is 2. The first-order valence-electron chi connectivity index (χ1n) is 6.25. The largest absolute Gasteiger partial charge is 0.387 e. The van der Waals surface area contributed by atoms with E-state index >= 15 is 0 Å². The Morgan fingerprint density at radius 3 is 2.88 bits per heavy atom. The van der Waals surface area contributed by atoms with Crippen LogP contribution >= 0.6 is 0 Å². The number of aliphatic hydroxyl groups is 1. The number of benzene rings is 1. The molecule has 94 valence electrons.